The normalized spacial score (nSPS) is 12.5. The molecule has 0 spiro atoms. The Hall–Kier alpha value is -1.26. The summed E-state index contributed by atoms with van der Waals surface area (Å²) in [4.78, 5) is 0. The van der Waals surface area contributed by atoms with E-state index >= 15 is 0 Å². The lowest BCUT2D eigenvalue weighted by atomic mass is 9.96. The summed E-state index contributed by atoms with van der Waals surface area (Å²) in [6.07, 6.45) is 0.265. The van der Waals surface area contributed by atoms with Crippen LogP contribution in [0, 0.1) is 18.6 Å². The Morgan fingerprint density at radius 2 is 1.95 bits per heavy atom. The molecule has 2 aromatic carbocycles. The highest BCUT2D eigenvalue weighted by Gasteiger charge is 2.14. The standard InChI is InChI=1S/C15H14BrF2N/c1-9-12(3-2-4-13(9)16)15(19)8-10-7-11(17)5-6-14(10)18/h2-7,15H,8,19H2,1H3. The van der Waals surface area contributed by atoms with Crippen molar-refractivity contribution in [3.05, 3.63) is 69.2 Å². The number of halogens is 3. The minimum absolute atomic E-state index is 0.265. The molecule has 0 heterocycles. The average molecular weight is 326 g/mol. The lowest BCUT2D eigenvalue weighted by Crippen LogP contribution is -2.15. The molecule has 1 atom stereocenters. The lowest BCUT2D eigenvalue weighted by molar-refractivity contribution is 0.572. The Morgan fingerprint density at radius 3 is 2.68 bits per heavy atom. The summed E-state index contributed by atoms with van der Waals surface area (Å²) < 4.78 is 27.7. The van der Waals surface area contributed by atoms with Crippen LogP contribution in [0.1, 0.15) is 22.7 Å². The van der Waals surface area contributed by atoms with Crippen molar-refractivity contribution in [2.75, 3.05) is 0 Å². The van der Waals surface area contributed by atoms with Crippen LogP contribution in [-0.2, 0) is 6.42 Å². The van der Waals surface area contributed by atoms with Crippen molar-refractivity contribution >= 4 is 15.9 Å². The Bertz CT molecular complexity index is 599. The van der Waals surface area contributed by atoms with E-state index < -0.39 is 11.6 Å². The molecule has 4 heteroatoms. The minimum Gasteiger partial charge on any atom is -0.324 e. The van der Waals surface area contributed by atoms with E-state index in [0.29, 0.717) is 5.56 Å². The monoisotopic (exact) mass is 325 g/mol. The van der Waals surface area contributed by atoms with Gasteiger partial charge < -0.3 is 5.73 Å². The Morgan fingerprint density at radius 1 is 1.21 bits per heavy atom. The number of benzene rings is 2. The molecule has 1 nitrogen and oxygen atoms in total. The van der Waals surface area contributed by atoms with Crippen molar-refractivity contribution in [3.8, 4) is 0 Å². The maximum atomic E-state index is 13.6. The van der Waals surface area contributed by atoms with Gasteiger partial charge in [0.25, 0.3) is 0 Å². The highest BCUT2D eigenvalue weighted by Crippen LogP contribution is 2.26. The second-order valence-electron chi connectivity index (χ2n) is 4.50. The highest BCUT2D eigenvalue weighted by atomic mass is 79.9. The zero-order valence-corrected chi connectivity index (χ0v) is 12.0. The van der Waals surface area contributed by atoms with Crippen LogP contribution in [0.25, 0.3) is 0 Å². The first-order valence-corrected chi connectivity index (χ1v) is 6.73. The number of hydrogen-bond donors (Lipinski definition) is 1. The molecule has 0 amide bonds. The van der Waals surface area contributed by atoms with Gasteiger partial charge in [-0.1, -0.05) is 28.1 Å². The van der Waals surface area contributed by atoms with E-state index in [4.69, 9.17) is 5.73 Å². The molecule has 0 saturated heterocycles. The first kappa shape index (κ1) is 14.2. The predicted molar refractivity (Wildman–Crippen MR) is 75.9 cm³/mol. The molecule has 0 radical (unpaired) electrons. The zero-order valence-electron chi connectivity index (χ0n) is 10.5. The van der Waals surface area contributed by atoms with E-state index in [2.05, 4.69) is 15.9 Å². The van der Waals surface area contributed by atoms with Gasteiger partial charge in [0.1, 0.15) is 11.6 Å². The van der Waals surface area contributed by atoms with Gasteiger partial charge in [-0.15, -0.1) is 0 Å². The van der Waals surface area contributed by atoms with Gasteiger partial charge >= 0.3 is 0 Å². The first-order valence-electron chi connectivity index (χ1n) is 5.93. The van der Waals surface area contributed by atoms with Gasteiger partial charge in [-0.25, -0.2) is 8.78 Å². The SMILES string of the molecule is Cc1c(Br)cccc1C(N)Cc1cc(F)ccc1F. The van der Waals surface area contributed by atoms with Crippen molar-refractivity contribution < 1.29 is 8.78 Å². The Labute approximate surface area is 119 Å². The second-order valence-corrected chi connectivity index (χ2v) is 5.35. The summed E-state index contributed by atoms with van der Waals surface area (Å²) in [6.45, 7) is 1.95. The lowest BCUT2D eigenvalue weighted by Gasteiger charge is -2.16. The van der Waals surface area contributed by atoms with Crippen molar-refractivity contribution in [1.29, 1.82) is 0 Å². The summed E-state index contributed by atoms with van der Waals surface area (Å²) in [7, 11) is 0. The average Bonchev–Trinajstić information content (AvgIpc) is 2.37. The maximum Gasteiger partial charge on any atom is 0.126 e. The molecule has 100 valence electrons. The molecule has 0 aromatic heterocycles. The van der Waals surface area contributed by atoms with Crippen molar-refractivity contribution in [2.45, 2.75) is 19.4 Å². The van der Waals surface area contributed by atoms with Gasteiger partial charge in [0.15, 0.2) is 0 Å². The molecule has 2 N–H and O–H groups in total. The Kier molecular flexibility index (Phi) is 4.32. The molecule has 0 fully saturated rings. The van der Waals surface area contributed by atoms with E-state index in [1.54, 1.807) is 0 Å². The summed E-state index contributed by atoms with van der Waals surface area (Å²) in [5.74, 6) is -0.876. The zero-order chi connectivity index (χ0) is 14.0. The van der Waals surface area contributed by atoms with Crippen molar-refractivity contribution in [2.24, 2.45) is 5.73 Å². The third-order valence-electron chi connectivity index (χ3n) is 3.16. The van der Waals surface area contributed by atoms with E-state index in [1.807, 2.05) is 25.1 Å². The summed E-state index contributed by atoms with van der Waals surface area (Å²) in [5.41, 5.74) is 8.35. The van der Waals surface area contributed by atoms with Crippen LogP contribution >= 0.6 is 15.9 Å². The van der Waals surface area contributed by atoms with Crippen LogP contribution in [-0.4, -0.2) is 0 Å². The van der Waals surface area contributed by atoms with Crippen molar-refractivity contribution in [1.82, 2.24) is 0 Å². The van der Waals surface area contributed by atoms with Gasteiger partial charge in [-0.05, 0) is 54.3 Å². The molecular formula is C15H14BrF2N. The molecule has 0 saturated carbocycles. The number of rotatable bonds is 3. The highest BCUT2D eigenvalue weighted by molar-refractivity contribution is 9.10. The van der Waals surface area contributed by atoms with Gasteiger partial charge in [-0.2, -0.15) is 0 Å². The quantitative estimate of drug-likeness (QED) is 0.895. The molecule has 0 aliphatic rings. The van der Waals surface area contributed by atoms with E-state index in [0.717, 1.165) is 27.7 Å². The molecular weight excluding hydrogens is 312 g/mol. The third kappa shape index (κ3) is 3.19. The minimum atomic E-state index is -0.449. The molecule has 0 aliphatic carbocycles. The molecule has 2 aromatic rings. The molecule has 0 aliphatic heterocycles. The first-order chi connectivity index (χ1) is 8.99. The third-order valence-corrected chi connectivity index (χ3v) is 4.02. The molecule has 0 bridgehead atoms. The summed E-state index contributed by atoms with van der Waals surface area (Å²) in [5, 5.41) is 0. The summed E-state index contributed by atoms with van der Waals surface area (Å²) >= 11 is 3.44. The second kappa shape index (κ2) is 5.80. The number of nitrogens with two attached hydrogens (primary N) is 1. The van der Waals surface area contributed by atoms with E-state index in [1.165, 1.54) is 6.07 Å². The van der Waals surface area contributed by atoms with Gasteiger partial charge in [-0.3, -0.25) is 0 Å². The van der Waals surface area contributed by atoms with Crippen LogP contribution in [0.5, 0.6) is 0 Å². The van der Waals surface area contributed by atoms with Crippen LogP contribution in [0.2, 0.25) is 0 Å². The van der Waals surface area contributed by atoms with Crippen LogP contribution in [0.15, 0.2) is 40.9 Å². The smallest absolute Gasteiger partial charge is 0.126 e. The number of hydrogen-bond acceptors (Lipinski definition) is 1. The van der Waals surface area contributed by atoms with Gasteiger partial charge in [0.05, 0.1) is 0 Å². The van der Waals surface area contributed by atoms with Crippen LogP contribution in [0.3, 0.4) is 0 Å². The fourth-order valence-electron chi connectivity index (χ4n) is 2.07. The Balaban J connectivity index is 2.28. The van der Waals surface area contributed by atoms with Crippen LogP contribution in [0.4, 0.5) is 8.78 Å². The van der Waals surface area contributed by atoms with Gasteiger partial charge in [0, 0.05) is 10.5 Å². The maximum absolute atomic E-state index is 13.6. The van der Waals surface area contributed by atoms with Crippen LogP contribution < -0.4 is 5.73 Å². The predicted octanol–water partition coefficient (Wildman–Crippen LogP) is 4.28. The summed E-state index contributed by atoms with van der Waals surface area (Å²) in [6, 6.07) is 8.78. The molecule has 1 unspecified atom stereocenters. The van der Waals surface area contributed by atoms with E-state index in [-0.39, 0.29) is 12.5 Å². The topological polar surface area (TPSA) is 26.0 Å². The largest absolute Gasteiger partial charge is 0.324 e. The fraction of sp³-hybridized carbons (Fsp3) is 0.200. The van der Waals surface area contributed by atoms with Gasteiger partial charge in [0.2, 0.25) is 0 Å². The van der Waals surface area contributed by atoms with Crippen molar-refractivity contribution in [3.63, 3.8) is 0 Å². The fourth-order valence-corrected chi connectivity index (χ4v) is 2.45. The van der Waals surface area contributed by atoms with E-state index in [9.17, 15) is 8.78 Å². The molecule has 2 rings (SSSR count). The molecule has 19 heavy (non-hydrogen) atoms.